The lowest BCUT2D eigenvalue weighted by molar-refractivity contribution is -0.117. The summed E-state index contributed by atoms with van der Waals surface area (Å²) < 4.78 is 28.0. The van der Waals surface area contributed by atoms with E-state index in [4.69, 9.17) is 0 Å². The van der Waals surface area contributed by atoms with Gasteiger partial charge in [0, 0.05) is 24.7 Å². The lowest BCUT2D eigenvalue weighted by atomic mass is 9.96. The Balaban J connectivity index is 1.49. The summed E-state index contributed by atoms with van der Waals surface area (Å²) in [6.07, 6.45) is 5.99. The van der Waals surface area contributed by atoms with Crippen molar-refractivity contribution in [2.75, 3.05) is 11.4 Å². The summed E-state index contributed by atoms with van der Waals surface area (Å²) in [7, 11) is -3.47. The molecule has 124 valence electrons. The van der Waals surface area contributed by atoms with E-state index in [2.05, 4.69) is 4.72 Å². The average molecular weight is 334 g/mol. The Morgan fingerprint density at radius 1 is 1.09 bits per heavy atom. The monoisotopic (exact) mass is 334 g/mol. The summed E-state index contributed by atoms with van der Waals surface area (Å²) in [4.78, 5) is 13.8. The molecular weight excluding hydrogens is 312 g/mol. The number of hydrogen-bond donors (Lipinski definition) is 1. The largest absolute Gasteiger partial charge is 0.312 e. The van der Waals surface area contributed by atoms with Crippen LogP contribution in [-0.2, 0) is 14.8 Å². The predicted molar refractivity (Wildman–Crippen MR) is 87.6 cm³/mol. The van der Waals surface area contributed by atoms with Gasteiger partial charge in [-0.15, -0.1) is 0 Å². The number of anilines is 1. The van der Waals surface area contributed by atoms with Crippen LogP contribution in [0.2, 0.25) is 0 Å². The molecule has 5 nitrogen and oxygen atoms in total. The highest BCUT2D eigenvalue weighted by atomic mass is 32.2. The molecule has 1 aliphatic heterocycles. The second kappa shape index (κ2) is 5.60. The highest BCUT2D eigenvalue weighted by Gasteiger charge is 2.41. The molecule has 0 unspecified atom stereocenters. The van der Waals surface area contributed by atoms with Crippen molar-refractivity contribution >= 4 is 21.6 Å². The Bertz CT molecular complexity index is 714. The number of benzene rings is 1. The molecule has 4 rings (SSSR count). The molecule has 0 spiro atoms. The average Bonchev–Trinajstić information content (AvgIpc) is 3.23. The molecule has 0 aromatic heterocycles. The maximum atomic E-state index is 12.6. The number of amides is 1. The van der Waals surface area contributed by atoms with Crippen molar-refractivity contribution in [3.05, 3.63) is 24.3 Å². The van der Waals surface area contributed by atoms with Crippen molar-refractivity contribution < 1.29 is 13.2 Å². The van der Waals surface area contributed by atoms with E-state index < -0.39 is 10.0 Å². The van der Waals surface area contributed by atoms with Crippen LogP contribution in [0.4, 0.5) is 5.69 Å². The molecule has 1 aromatic carbocycles. The van der Waals surface area contributed by atoms with Gasteiger partial charge < -0.3 is 4.90 Å². The molecule has 1 amide bonds. The number of carbonyl (C=O) groups excluding carboxylic acids is 1. The normalized spacial score (nSPS) is 30.3. The van der Waals surface area contributed by atoms with Crippen LogP contribution < -0.4 is 9.62 Å². The highest BCUT2D eigenvalue weighted by molar-refractivity contribution is 7.89. The maximum Gasteiger partial charge on any atom is 0.240 e. The quantitative estimate of drug-likeness (QED) is 0.918. The lowest BCUT2D eigenvalue weighted by Gasteiger charge is -2.23. The van der Waals surface area contributed by atoms with E-state index in [0.29, 0.717) is 24.8 Å². The third kappa shape index (κ3) is 2.78. The smallest absolute Gasteiger partial charge is 0.240 e. The fourth-order valence-electron chi connectivity index (χ4n) is 4.38. The summed E-state index contributed by atoms with van der Waals surface area (Å²) >= 11 is 0. The molecule has 3 atom stereocenters. The van der Waals surface area contributed by atoms with Crippen molar-refractivity contribution in [2.24, 2.45) is 11.8 Å². The van der Waals surface area contributed by atoms with E-state index in [0.717, 1.165) is 24.9 Å². The first-order valence-corrected chi connectivity index (χ1v) is 9.94. The van der Waals surface area contributed by atoms with Gasteiger partial charge in [-0.25, -0.2) is 13.1 Å². The Hall–Kier alpha value is -1.40. The van der Waals surface area contributed by atoms with Gasteiger partial charge in [0.05, 0.1) is 4.90 Å². The highest BCUT2D eigenvalue weighted by Crippen LogP contribution is 2.44. The molecule has 2 saturated carbocycles. The van der Waals surface area contributed by atoms with Gasteiger partial charge in [-0.2, -0.15) is 0 Å². The minimum Gasteiger partial charge on any atom is -0.312 e. The molecule has 1 heterocycles. The van der Waals surface area contributed by atoms with Crippen molar-refractivity contribution in [1.82, 2.24) is 4.72 Å². The summed E-state index contributed by atoms with van der Waals surface area (Å²) in [5.74, 6) is 1.33. The summed E-state index contributed by atoms with van der Waals surface area (Å²) in [6, 6.07) is 6.78. The van der Waals surface area contributed by atoms with Crippen molar-refractivity contribution in [3.63, 3.8) is 0 Å². The number of fused-ring (bicyclic) bond motifs is 2. The van der Waals surface area contributed by atoms with Crippen molar-refractivity contribution in [2.45, 2.75) is 49.5 Å². The molecule has 3 fully saturated rings. The standard InChI is InChI=1S/C17H22N2O3S/c20-17-2-1-9-19(17)14-5-7-15(8-6-14)23(21,22)18-16-11-12-3-4-13(16)10-12/h5-8,12-13,16,18H,1-4,9-11H2/t12-,13+,16+/m0/s1. The van der Waals surface area contributed by atoms with Gasteiger partial charge in [0.25, 0.3) is 0 Å². The van der Waals surface area contributed by atoms with Gasteiger partial charge >= 0.3 is 0 Å². The molecule has 1 aromatic rings. The molecule has 23 heavy (non-hydrogen) atoms. The van der Waals surface area contributed by atoms with Crippen LogP contribution >= 0.6 is 0 Å². The number of nitrogens with zero attached hydrogens (tertiary/aromatic N) is 1. The van der Waals surface area contributed by atoms with E-state index in [1.165, 1.54) is 12.8 Å². The first kappa shape index (κ1) is 15.1. The van der Waals surface area contributed by atoms with Gasteiger partial charge in [0.2, 0.25) is 15.9 Å². The van der Waals surface area contributed by atoms with Crippen molar-refractivity contribution in [3.8, 4) is 0 Å². The second-order valence-electron chi connectivity index (χ2n) is 7.05. The first-order valence-electron chi connectivity index (χ1n) is 8.46. The minimum atomic E-state index is -3.47. The van der Waals surface area contributed by atoms with E-state index in [9.17, 15) is 13.2 Å². The number of rotatable bonds is 4. The summed E-state index contributed by atoms with van der Waals surface area (Å²) in [6.45, 7) is 0.717. The van der Waals surface area contributed by atoms with Gasteiger partial charge in [-0.3, -0.25) is 4.79 Å². The van der Waals surface area contributed by atoms with Gasteiger partial charge in [-0.05, 0) is 61.8 Å². The zero-order chi connectivity index (χ0) is 16.0. The van der Waals surface area contributed by atoms with Gasteiger partial charge in [0.15, 0.2) is 0 Å². The van der Waals surface area contributed by atoms with E-state index in [1.54, 1.807) is 29.2 Å². The van der Waals surface area contributed by atoms with E-state index >= 15 is 0 Å². The predicted octanol–water partition coefficient (Wildman–Crippen LogP) is 2.28. The topological polar surface area (TPSA) is 66.5 Å². The Morgan fingerprint density at radius 3 is 2.43 bits per heavy atom. The summed E-state index contributed by atoms with van der Waals surface area (Å²) in [5.41, 5.74) is 0.784. The third-order valence-electron chi connectivity index (χ3n) is 5.58. The fraction of sp³-hybridized carbons (Fsp3) is 0.588. The molecular formula is C17H22N2O3S. The number of sulfonamides is 1. The molecule has 2 bridgehead atoms. The molecule has 2 aliphatic carbocycles. The fourth-order valence-corrected chi connectivity index (χ4v) is 5.70. The number of nitrogens with one attached hydrogen (secondary N) is 1. The Labute approximate surface area is 137 Å². The molecule has 1 saturated heterocycles. The number of hydrogen-bond acceptors (Lipinski definition) is 3. The zero-order valence-electron chi connectivity index (χ0n) is 13.1. The van der Waals surface area contributed by atoms with Crippen LogP contribution in [-0.4, -0.2) is 26.9 Å². The van der Waals surface area contributed by atoms with E-state index in [-0.39, 0.29) is 16.8 Å². The molecule has 0 radical (unpaired) electrons. The molecule has 6 heteroatoms. The Kier molecular flexibility index (Phi) is 3.69. The van der Waals surface area contributed by atoms with E-state index in [1.807, 2.05) is 0 Å². The lowest BCUT2D eigenvalue weighted by Crippen LogP contribution is -2.38. The minimum absolute atomic E-state index is 0.0959. The third-order valence-corrected chi connectivity index (χ3v) is 7.08. The van der Waals surface area contributed by atoms with Crippen LogP contribution in [0.1, 0.15) is 38.5 Å². The Morgan fingerprint density at radius 2 is 1.87 bits per heavy atom. The maximum absolute atomic E-state index is 12.6. The first-order chi connectivity index (χ1) is 11.0. The van der Waals surface area contributed by atoms with Crippen LogP contribution in [0, 0.1) is 11.8 Å². The van der Waals surface area contributed by atoms with Crippen LogP contribution in [0.3, 0.4) is 0 Å². The molecule has 1 N–H and O–H groups in total. The van der Waals surface area contributed by atoms with Crippen LogP contribution in [0.25, 0.3) is 0 Å². The second-order valence-corrected chi connectivity index (χ2v) is 8.76. The van der Waals surface area contributed by atoms with Crippen LogP contribution in [0.5, 0.6) is 0 Å². The van der Waals surface area contributed by atoms with Gasteiger partial charge in [0.1, 0.15) is 0 Å². The summed E-state index contributed by atoms with van der Waals surface area (Å²) in [5, 5.41) is 0. The van der Waals surface area contributed by atoms with Crippen LogP contribution in [0.15, 0.2) is 29.2 Å². The molecule has 3 aliphatic rings. The zero-order valence-corrected chi connectivity index (χ0v) is 13.9. The van der Waals surface area contributed by atoms with Gasteiger partial charge in [-0.1, -0.05) is 6.42 Å². The van der Waals surface area contributed by atoms with Crippen molar-refractivity contribution in [1.29, 1.82) is 0 Å². The number of carbonyl (C=O) groups is 1. The SMILES string of the molecule is O=C1CCCN1c1ccc(S(=O)(=O)N[C@@H]2C[C@H]3CC[C@@H]2C3)cc1.